The molecule has 3 fully saturated rings. The summed E-state index contributed by atoms with van der Waals surface area (Å²) < 4.78 is 0. The Bertz CT molecular complexity index is 214. The van der Waals surface area contributed by atoms with Gasteiger partial charge in [0.15, 0.2) is 0 Å². The van der Waals surface area contributed by atoms with Gasteiger partial charge in [0.1, 0.15) is 0 Å². The van der Waals surface area contributed by atoms with Gasteiger partial charge in [-0.25, -0.2) is 0 Å². The van der Waals surface area contributed by atoms with E-state index in [1.165, 1.54) is 38.8 Å². The Balaban J connectivity index is 1.74. The number of rotatable bonds is 1. The van der Waals surface area contributed by atoms with Crippen LogP contribution < -0.4 is 11.1 Å². The second-order valence-electron chi connectivity index (χ2n) is 5.00. The van der Waals surface area contributed by atoms with Crippen LogP contribution in [-0.2, 0) is 0 Å². The molecule has 3 heteroatoms. The Morgan fingerprint density at radius 3 is 2.92 bits per heavy atom. The third kappa shape index (κ3) is 1.30. The second kappa shape index (κ2) is 2.69. The van der Waals surface area contributed by atoms with Crippen LogP contribution in [0.15, 0.2) is 0 Å². The molecule has 1 aliphatic carbocycles. The number of nitrogens with zero attached hydrogens (tertiary/aromatic N) is 1. The van der Waals surface area contributed by atoms with E-state index in [0.717, 1.165) is 12.6 Å². The lowest BCUT2D eigenvalue weighted by Gasteiger charge is -2.35. The summed E-state index contributed by atoms with van der Waals surface area (Å²) in [6.45, 7) is 3.50. The zero-order chi connectivity index (χ0) is 8.89. The predicted octanol–water partition coefficient (Wildman–Crippen LogP) is -0.0861. The van der Waals surface area contributed by atoms with Gasteiger partial charge in [0, 0.05) is 30.7 Å². The number of hydrogen-bond donors (Lipinski definition) is 2. The Morgan fingerprint density at radius 2 is 2.23 bits per heavy atom. The summed E-state index contributed by atoms with van der Waals surface area (Å²) in [4.78, 5) is 2.60. The van der Waals surface area contributed by atoms with E-state index >= 15 is 0 Å². The summed E-state index contributed by atoms with van der Waals surface area (Å²) in [7, 11) is 0. The van der Waals surface area contributed by atoms with Gasteiger partial charge in [-0.15, -0.1) is 0 Å². The van der Waals surface area contributed by atoms with Crippen molar-refractivity contribution in [3.05, 3.63) is 0 Å². The number of fused-ring (bicyclic) bond motifs is 1. The summed E-state index contributed by atoms with van der Waals surface area (Å²) in [6.07, 6.45) is 5.28. The number of nitrogens with two attached hydrogens (primary N) is 1. The van der Waals surface area contributed by atoms with Crippen LogP contribution in [-0.4, -0.2) is 42.2 Å². The van der Waals surface area contributed by atoms with Crippen LogP contribution in [0, 0.1) is 0 Å². The Hall–Kier alpha value is -0.120. The highest BCUT2D eigenvalue weighted by Gasteiger charge is 2.48. The standard InChI is InChI=1S/C10H19N3/c11-10-4-1-5-12-9(10)6-13(7-10)8-2-3-8/h8-9,12H,1-7,11H2. The molecule has 2 heterocycles. The highest BCUT2D eigenvalue weighted by atomic mass is 15.3. The minimum absolute atomic E-state index is 0.0981. The number of nitrogens with one attached hydrogen (secondary N) is 1. The molecule has 3 aliphatic rings. The smallest absolute Gasteiger partial charge is 0.0452 e. The lowest BCUT2D eigenvalue weighted by atomic mass is 9.86. The van der Waals surface area contributed by atoms with Crippen molar-refractivity contribution in [1.82, 2.24) is 10.2 Å². The van der Waals surface area contributed by atoms with Gasteiger partial charge >= 0.3 is 0 Å². The lowest BCUT2D eigenvalue weighted by molar-refractivity contribution is 0.271. The fraction of sp³-hybridized carbons (Fsp3) is 1.00. The number of piperidine rings is 1. The maximum Gasteiger partial charge on any atom is 0.0452 e. The topological polar surface area (TPSA) is 41.3 Å². The van der Waals surface area contributed by atoms with Gasteiger partial charge in [0.2, 0.25) is 0 Å². The minimum Gasteiger partial charge on any atom is -0.323 e. The molecule has 2 aliphatic heterocycles. The molecule has 0 aromatic carbocycles. The van der Waals surface area contributed by atoms with Crippen LogP contribution in [0.4, 0.5) is 0 Å². The third-order valence-corrected chi connectivity index (χ3v) is 3.88. The van der Waals surface area contributed by atoms with Crippen LogP contribution >= 0.6 is 0 Å². The summed E-state index contributed by atoms with van der Waals surface area (Å²) in [5, 5.41) is 3.57. The molecule has 3 rings (SSSR count). The molecule has 0 radical (unpaired) electrons. The first-order valence-electron chi connectivity index (χ1n) is 5.54. The largest absolute Gasteiger partial charge is 0.323 e. The zero-order valence-electron chi connectivity index (χ0n) is 8.13. The predicted molar refractivity (Wildman–Crippen MR) is 52.5 cm³/mol. The van der Waals surface area contributed by atoms with E-state index in [1.54, 1.807) is 0 Å². The fourth-order valence-corrected chi connectivity index (χ4v) is 2.90. The van der Waals surface area contributed by atoms with Crippen molar-refractivity contribution in [3.8, 4) is 0 Å². The van der Waals surface area contributed by atoms with Crippen molar-refractivity contribution in [1.29, 1.82) is 0 Å². The van der Waals surface area contributed by atoms with E-state index in [9.17, 15) is 0 Å². The first-order chi connectivity index (χ1) is 6.28. The van der Waals surface area contributed by atoms with Gasteiger partial charge in [-0.1, -0.05) is 0 Å². The molecule has 1 saturated carbocycles. The van der Waals surface area contributed by atoms with Crippen LogP contribution in [0.3, 0.4) is 0 Å². The van der Waals surface area contributed by atoms with Gasteiger partial charge in [0.05, 0.1) is 0 Å². The molecule has 0 aromatic heterocycles. The van der Waals surface area contributed by atoms with Gasteiger partial charge in [-0.3, -0.25) is 4.90 Å². The van der Waals surface area contributed by atoms with E-state index in [-0.39, 0.29) is 5.54 Å². The van der Waals surface area contributed by atoms with E-state index in [1.807, 2.05) is 0 Å². The zero-order valence-corrected chi connectivity index (χ0v) is 8.13. The molecule has 74 valence electrons. The third-order valence-electron chi connectivity index (χ3n) is 3.88. The fourth-order valence-electron chi connectivity index (χ4n) is 2.90. The molecule has 3 nitrogen and oxygen atoms in total. The van der Waals surface area contributed by atoms with Crippen molar-refractivity contribution in [2.75, 3.05) is 19.6 Å². The summed E-state index contributed by atoms with van der Waals surface area (Å²) in [5.41, 5.74) is 6.51. The molecule has 3 N–H and O–H groups in total. The van der Waals surface area contributed by atoms with Crippen molar-refractivity contribution in [2.24, 2.45) is 5.73 Å². The average molecular weight is 181 g/mol. The van der Waals surface area contributed by atoms with Gasteiger partial charge in [-0.05, 0) is 32.2 Å². The molecule has 2 unspecified atom stereocenters. The van der Waals surface area contributed by atoms with Gasteiger partial charge in [0.25, 0.3) is 0 Å². The van der Waals surface area contributed by atoms with Crippen LogP contribution in [0.1, 0.15) is 25.7 Å². The Labute approximate surface area is 79.7 Å². The van der Waals surface area contributed by atoms with Crippen LogP contribution in [0.2, 0.25) is 0 Å². The van der Waals surface area contributed by atoms with Gasteiger partial charge < -0.3 is 11.1 Å². The highest BCUT2D eigenvalue weighted by molar-refractivity contribution is 5.10. The monoisotopic (exact) mass is 181 g/mol. The van der Waals surface area contributed by atoms with Crippen LogP contribution in [0.25, 0.3) is 0 Å². The maximum absolute atomic E-state index is 6.42. The Morgan fingerprint density at radius 1 is 1.38 bits per heavy atom. The molecule has 2 atom stereocenters. The maximum atomic E-state index is 6.42. The first kappa shape index (κ1) is 8.21. The van der Waals surface area contributed by atoms with Crippen molar-refractivity contribution in [2.45, 2.75) is 43.3 Å². The second-order valence-corrected chi connectivity index (χ2v) is 5.00. The lowest BCUT2D eigenvalue weighted by Crippen LogP contribution is -2.59. The van der Waals surface area contributed by atoms with E-state index in [4.69, 9.17) is 5.73 Å². The normalized spacial score (nSPS) is 46.4. The molecular weight excluding hydrogens is 162 g/mol. The first-order valence-corrected chi connectivity index (χ1v) is 5.54. The minimum atomic E-state index is 0.0981. The molecule has 0 amide bonds. The van der Waals surface area contributed by atoms with Crippen molar-refractivity contribution < 1.29 is 0 Å². The summed E-state index contributed by atoms with van der Waals surface area (Å²) in [6, 6.07) is 1.45. The van der Waals surface area contributed by atoms with E-state index < -0.39 is 0 Å². The molecule has 0 bridgehead atoms. The molecule has 13 heavy (non-hydrogen) atoms. The molecular formula is C10H19N3. The van der Waals surface area contributed by atoms with Gasteiger partial charge in [-0.2, -0.15) is 0 Å². The van der Waals surface area contributed by atoms with E-state index in [2.05, 4.69) is 10.2 Å². The molecule has 0 spiro atoms. The van der Waals surface area contributed by atoms with E-state index in [0.29, 0.717) is 6.04 Å². The highest BCUT2D eigenvalue weighted by Crippen LogP contribution is 2.35. The van der Waals surface area contributed by atoms with Crippen molar-refractivity contribution >= 4 is 0 Å². The summed E-state index contributed by atoms with van der Waals surface area (Å²) in [5.74, 6) is 0. The van der Waals surface area contributed by atoms with Crippen LogP contribution in [0.5, 0.6) is 0 Å². The SMILES string of the molecule is NC12CCCNC1CN(C1CC1)C2. The summed E-state index contributed by atoms with van der Waals surface area (Å²) >= 11 is 0. The molecule has 0 aromatic rings. The Kier molecular flexibility index (Phi) is 1.70. The quantitative estimate of drug-likeness (QED) is 0.594. The number of likely N-dealkylation sites (tertiary alicyclic amines) is 1. The molecule has 2 saturated heterocycles. The number of hydrogen-bond acceptors (Lipinski definition) is 3. The average Bonchev–Trinajstić information content (AvgIpc) is 2.87. The van der Waals surface area contributed by atoms with Crippen molar-refractivity contribution in [3.63, 3.8) is 0 Å².